The normalized spacial score (nSPS) is 25.8. The number of nitrogens with zero attached hydrogens (tertiary/aromatic N) is 2. The number of nitrogens with one attached hydrogen (secondary N) is 1. The highest BCUT2D eigenvalue weighted by molar-refractivity contribution is 6.23. The van der Waals surface area contributed by atoms with Crippen molar-refractivity contribution in [1.82, 2.24) is 10.2 Å². The number of imide groups is 2. The first-order chi connectivity index (χ1) is 12.4. The Kier molecular flexibility index (Phi) is 3.76. The second-order valence-electron chi connectivity index (χ2n) is 6.79. The van der Waals surface area contributed by atoms with Crippen molar-refractivity contribution in [2.75, 3.05) is 18.0 Å². The van der Waals surface area contributed by atoms with Gasteiger partial charge in [-0.05, 0) is 25.0 Å². The third-order valence-electron chi connectivity index (χ3n) is 5.07. The van der Waals surface area contributed by atoms with Gasteiger partial charge in [-0.3, -0.25) is 29.4 Å². The van der Waals surface area contributed by atoms with E-state index in [4.69, 9.17) is 5.73 Å². The second kappa shape index (κ2) is 5.87. The maximum Gasteiger partial charge on any atom is 0.262 e. The van der Waals surface area contributed by atoms with Crippen LogP contribution in [0.15, 0.2) is 12.1 Å². The summed E-state index contributed by atoms with van der Waals surface area (Å²) in [6, 6.07) is 1.27. The smallest absolute Gasteiger partial charge is 0.262 e. The zero-order valence-corrected chi connectivity index (χ0v) is 13.8. The summed E-state index contributed by atoms with van der Waals surface area (Å²) < 4.78 is 14.5. The molecule has 3 N–H and O–H groups in total. The van der Waals surface area contributed by atoms with Gasteiger partial charge in [0, 0.05) is 25.6 Å². The Labute approximate surface area is 148 Å². The Bertz CT molecular complexity index is 855. The number of hydrogen-bond acceptors (Lipinski definition) is 6. The fourth-order valence-electron chi connectivity index (χ4n) is 3.73. The molecule has 26 heavy (non-hydrogen) atoms. The van der Waals surface area contributed by atoms with Crippen LogP contribution in [0.1, 0.15) is 40.0 Å². The highest BCUT2D eigenvalue weighted by Gasteiger charge is 2.45. The van der Waals surface area contributed by atoms with Crippen LogP contribution in [0.5, 0.6) is 0 Å². The molecule has 3 aliphatic heterocycles. The van der Waals surface area contributed by atoms with Crippen molar-refractivity contribution in [3.8, 4) is 0 Å². The first-order valence-electron chi connectivity index (χ1n) is 8.42. The average molecular weight is 360 g/mol. The van der Waals surface area contributed by atoms with E-state index in [0.717, 1.165) is 11.0 Å². The van der Waals surface area contributed by atoms with Crippen LogP contribution in [0.25, 0.3) is 0 Å². The molecule has 4 amide bonds. The summed E-state index contributed by atoms with van der Waals surface area (Å²) in [5.41, 5.74) is 6.08. The van der Waals surface area contributed by atoms with E-state index in [2.05, 4.69) is 5.32 Å². The lowest BCUT2D eigenvalue weighted by atomic mass is 10.0. The number of anilines is 1. The molecule has 0 bridgehead atoms. The maximum atomic E-state index is 14.5. The zero-order valence-electron chi connectivity index (χ0n) is 13.8. The number of piperidine rings is 1. The first kappa shape index (κ1) is 16.6. The molecule has 0 radical (unpaired) electrons. The third kappa shape index (κ3) is 2.47. The van der Waals surface area contributed by atoms with E-state index in [9.17, 15) is 23.6 Å². The van der Waals surface area contributed by atoms with Crippen LogP contribution in [0.4, 0.5) is 10.1 Å². The van der Waals surface area contributed by atoms with E-state index in [-0.39, 0.29) is 35.7 Å². The van der Waals surface area contributed by atoms with Crippen molar-refractivity contribution in [1.29, 1.82) is 0 Å². The Balaban J connectivity index is 1.68. The van der Waals surface area contributed by atoms with Gasteiger partial charge < -0.3 is 10.6 Å². The number of amides is 4. The van der Waals surface area contributed by atoms with E-state index >= 15 is 0 Å². The van der Waals surface area contributed by atoms with Crippen molar-refractivity contribution in [3.05, 3.63) is 29.1 Å². The monoisotopic (exact) mass is 360 g/mol. The minimum Gasteiger partial charge on any atom is -0.368 e. The van der Waals surface area contributed by atoms with Crippen molar-refractivity contribution in [3.63, 3.8) is 0 Å². The minimum absolute atomic E-state index is 0.0368. The van der Waals surface area contributed by atoms with Crippen molar-refractivity contribution < 1.29 is 23.6 Å². The van der Waals surface area contributed by atoms with Gasteiger partial charge in [-0.1, -0.05) is 0 Å². The van der Waals surface area contributed by atoms with Crippen LogP contribution >= 0.6 is 0 Å². The van der Waals surface area contributed by atoms with Crippen LogP contribution < -0.4 is 16.0 Å². The van der Waals surface area contributed by atoms with Gasteiger partial charge in [0.25, 0.3) is 11.8 Å². The Morgan fingerprint density at radius 3 is 2.38 bits per heavy atom. The van der Waals surface area contributed by atoms with Crippen LogP contribution in [-0.2, 0) is 9.59 Å². The lowest BCUT2D eigenvalue weighted by Crippen LogP contribution is -2.54. The zero-order chi connectivity index (χ0) is 18.6. The van der Waals surface area contributed by atoms with E-state index in [0.29, 0.717) is 19.5 Å². The highest BCUT2D eigenvalue weighted by atomic mass is 19.1. The summed E-state index contributed by atoms with van der Waals surface area (Å²) in [5, 5.41) is 2.13. The molecule has 0 aromatic heterocycles. The average Bonchev–Trinajstić information content (AvgIpc) is 3.11. The SMILES string of the molecule is N[C@@H]1CCN(c2cc3c(cc2F)C(=O)N(C2CCC(=O)NC2=O)C3=O)C1. The number of halogens is 1. The summed E-state index contributed by atoms with van der Waals surface area (Å²) in [6.07, 6.45) is 0.813. The molecule has 0 aliphatic carbocycles. The standard InChI is InChI=1S/C17H17FN4O4/c18-11-5-9-10(6-13(11)21-4-3-8(19)7-21)17(26)22(16(9)25)12-1-2-14(23)20-15(12)24/h5-6,8,12H,1-4,7,19H2,(H,20,23,24)/t8-,12?/m1/s1. The number of carbonyl (C=O) groups is 4. The van der Waals surface area contributed by atoms with Gasteiger partial charge in [0.05, 0.1) is 16.8 Å². The molecule has 8 nitrogen and oxygen atoms in total. The molecule has 2 fully saturated rings. The summed E-state index contributed by atoms with van der Waals surface area (Å²) in [7, 11) is 0. The molecule has 1 aromatic carbocycles. The van der Waals surface area contributed by atoms with Crippen molar-refractivity contribution in [2.45, 2.75) is 31.3 Å². The van der Waals surface area contributed by atoms with Gasteiger partial charge in [-0.2, -0.15) is 0 Å². The van der Waals surface area contributed by atoms with Gasteiger partial charge in [0.15, 0.2) is 0 Å². The molecule has 1 unspecified atom stereocenters. The van der Waals surface area contributed by atoms with E-state index in [1.165, 1.54) is 6.07 Å². The first-order valence-corrected chi connectivity index (χ1v) is 8.42. The molecule has 1 aromatic rings. The molecular formula is C17H17FN4O4. The summed E-state index contributed by atoms with van der Waals surface area (Å²) in [6.45, 7) is 1.03. The molecule has 3 aliphatic rings. The van der Waals surface area contributed by atoms with Crippen molar-refractivity contribution >= 4 is 29.3 Å². The number of fused-ring (bicyclic) bond motifs is 1. The highest BCUT2D eigenvalue weighted by Crippen LogP contribution is 2.33. The molecule has 2 saturated heterocycles. The number of carbonyl (C=O) groups excluding carboxylic acids is 4. The lowest BCUT2D eigenvalue weighted by molar-refractivity contribution is -0.136. The van der Waals surface area contributed by atoms with Crippen LogP contribution in [0.3, 0.4) is 0 Å². The topological polar surface area (TPSA) is 113 Å². The number of hydrogen-bond donors (Lipinski definition) is 2. The van der Waals surface area contributed by atoms with Gasteiger partial charge in [-0.15, -0.1) is 0 Å². The fourth-order valence-corrected chi connectivity index (χ4v) is 3.73. The molecule has 2 atom stereocenters. The van der Waals surface area contributed by atoms with Gasteiger partial charge in [0.2, 0.25) is 11.8 Å². The predicted octanol–water partition coefficient (Wildman–Crippen LogP) is -0.236. The second-order valence-corrected chi connectivity index (χ2v) is 6.79. The predicted molar refractivity (Wildman–Crippen MR) is 87.9 cm³/mol. The van der Waals surface area contributed by atoms with Gasteiger partial charge >= 0.3 is 0 Å². The summed E-state index contributed by atoms with van der Waals surface area (Å²) in [4.78, 5) is 51.3. The Morgan fingerprint density at radius 2 is 1.77 bits per heavy atom. The molecule has 0 saturated carbocycles. The van der Waals surface area contributed by atoms with Gasteiger partial charge in [0.1, 0.15) is 11.9 Å². The maximum absolute atomic E-state index is 14.5. The quantitative estimate of drug-likeness (QED) is 0.704. The van der Waals surface area contributed by atoms with Crippen LogP contribution in [0.2, 0.25) is 0 Å². The van der Waals surface area contributed by atoms with Crippen molar-refractivity contribution in [2.24, 2.45) is 5.73 Å². The number of benzene rings is 1. The number of nitrogens with two attached hydrogens (primary N) is 1. The van der Waals surface area contributed by atoms with E-state index < -0.39 is 35.5 Å². The van der Waals surface area contributed by atoms with Crippen LogP contribution in [-0.4, -0.2) is 53.7 Å². The minimum atomic E-state index is -1.06. The van der Waals surface area contributed by atoms with Gasteiger partial charge in [-0.25, -0.2) is 4.39 Å². The molecule has 4 rings (SSSR count). The fraction of sp³-hybridized carbons (Fsp3) is 0.412. The third-order valence-corrected chi connectivity index (χ3v) is 5.07. The Hall–Kier alpha value is -2.81. The van der Waals surface area contributed by atoms with E-state index in [1.807, 2.05) is 0 Å². The Morgan fingerprint density at radius 1 is 1.08 bits per heavy atom. The lowest BCUT2D eigenvalue weighted by Gasteiger charge is -2.27. The molecule has 9 heteroatoms. The molecule has 136 valence electrons. The summed E-state index contributed by atoms with van der Waals surface area (Å²) >= 11 is 0. The number of rotatable bonds is 2. The summed E-state index contributed by atoms with van der Waals surface area (Å²) in [5.74, 6) is -3.11. The molecular weight excluding hydrogens is 343 g/mol. The van der Waals surface area contributed by atoms with E-state index in [1.54, 1.807) is 4.90 Å². The molecule has 0 spiro atoms. The largest absolute Gasteiger partial charge is 0.368 e. The van der Waals surface area contributed by atoms with Crippen LogP contribution in [0, 0.1) is 5.82 Å². The molecule has 3 heterocycles.